The van der Waals surface area contributed by atoms with Crippen molar-refractivity contribution in [1.29, 1.82) is 0 Å². The molecule has 9 heteroatoms. The molecule has 4 aromatic rings. The molecule has 4 rings (SSSR count). The molecule has 2 aromatic heterocycles. The van der Waals surface area contributed by atoms with E-state index >= 15 is 0 Å². The minimum atomic E-state index is -1.09. The third-order valence-electron chi connectivity index (χ3n) is 6.09. The summed E-state index contributed by atoms with van der Waals surface area (Å²) >= 11 is 0. The van der Waals surface area contributed by atoms with E-state index in [0.717, 1.165) is 34.6 Å². The molecule has 2 heterocycles. The molecule has 0 bridgehead atoms. The highest BCUT2D eigenvalue weighted by Gasteiger charge is 2.22. The summed E-state index contributed by atoms with van der Waals surface area (Å²) in [5.74, 6) is 0.972. The van der Waals surface area contributed by atoms with E-state index in [4.69, 9.17) is 4.74 Å². The molecular formula is C26H32N4O5. The van der Waals surface area contributed by atoms with Gasteiger partial charge in [-0.25, -0.2) is 9.78 Å². The number of ether oxygens (including phenoxy) is 1. The number of aryl methyl sites for hydroxylation is 2. The maximum absolute atomic E-state index is 13.4. The Morgan fingerprint density at radius 2 is 1.74 bits per heavy atom. The average Bonchev–Trinajstić information content (AvgIpc) is 3.23. The van der Waals surface area contributed by atoms with Crippen molar-refractivity contribution in [2.24, 2.45) is 0 Å². The van der Waals surface area contributed by atoms with Crippen LogP contribution in [-0.2, 0) is 26.2 Å². The van der Waals surface area contributed by atoms with Crippen LogP contribution in [0.5, 0.6) is 5.75 Å². The third-order valence-corrected chi connectivity index (χ3v) is 6.09. The average molecular weight is 481 g/mol. The van der Waals surface area contributed by atoms with Gasteiger partial charge in [0.25, 0.3) is 5.56 Å². The molecule has 0 fully saturated rings. The molecule has 0 radical (unpaired) electrons. The van der Waals surface area contributed by atoms with Crippen LogP contribution in [0.3, 0.4) is 0 Å². The molecule has 35 heavy (non-hydrogen) atoms. The molecule has 0 amide bonds. The van der Waals surface area contributed by atoms with Crippen LogP contribution in [0.2, 0.25) is 0 Å². The first kappa shape index (κ1) is 24.7. The molecule has 0 aliphatic heterocycles. The molecule has 0 aliphatic rings. The van der Waals surface area contributed by atoms with Gasteiger partial charge in [0.2, 0.25) is 0 Å². The molecule has 0 spiro atoms. The largest absolute Gasteiger partial charge is 0.490 e. The zero-order valence-corrected chi connectivity index (χ0v) is 20.2. The van der Waals surface area contributed by atoms with Crippen LogP contribution >= 0.6 is 0 Å². The fraction of sp³-hybridized carbons (Fsp3) is 0.423. The smallest absolute Gasteiger partial charge is 0.332 e. The van der Waals surface area contributed by atoms with Gasteiger partial charge in [-0.15, -0.1) is 0 Å². The Bertz CT molecular complexity index is 1430. The number of imidazole rings is 1. The number of benzene rings is 2. The number of hydrogen-bond acceptors (Lipinski definition) is 6. The fourth-order valence-electron chi connectivity index (χ4n) is 4.37. The van der Waals surface area contributed by atoms with Gasteiger partial charge in [0, 0.05) is 18.5 Å². The number of unbranched alkanes of at least 4 members (excludes halogenated alkanes) is 1. The summed E-state index contributed by atoms with van der Waals surface area (Å²) in [5.41, 5.74) is -0.495. The first-order valence-corrected chi connectivity index (χ1v) is 12.1. The van der Waals surface area contributed by atoms with Crippen molar-refractivity contribution < 1.29 is 14.9 Å². The monoisotopic (exact) mass is 480 g/mol. The number of hydrogen-bond donors (Lipinski definition) is 2. The summed E-state index contributed by atoms with van der Waals surface area (Å²) in [6.45, 7) is 4.23. The van der Waals surface area contributed by atoms with Crippen molar-refractivity contribution in [2.45, 2.75) is 65.5 Å². The van der Waals surface area contributed by atoms with Crippen molar-refractivity contribution in [1.82, 2.24) is 18.7 Å². The SMILES string of the molecule is CCCCn1c(=O)n(CC(O)COc2cccc3ccccc23)c(=O)c2c1nc(CO)n2CCC. The van der Waals surface area contributed by atoms with Gasteiger partial charge in [0.1, 0.15) is 30.9 Å². The summed E-state index contributed by atoms with van der Waals surface area (Å²) in [4.78, 5) is 31.2. The second kappa shape index (κ2) is 10.9. The van der Waals surface area contributed by atoms with Crippen LogP contribution in [0.25, 0.3) is 21.9 Å². The van der Waals surface area contributed by atoms with E-state index in [9.17, 15) is 19.8 Å². The topological polar surface area (TPSA) is 112 Å². The van der Waals surface area contributed by atoms with Crippen LogP contribution in [0, 0.1) is 0 Å². The van der Waals surface area contributed by atoms with Crippen LogP contribution in [0.1, 0.15) is 38.9 Å². The second-order valence-corrected chi connectivity index (χ2v) is 8.66. The van der Waals surface area contributed by atoms with Gasteiger partial charge in [-0.2, -0.15) is 0 Å². The zero-order valence-electron chi connectivity index (χ0n) is 20.2. The molecule has 1 atom stereocenters. The number of aliphatic hydroxyl groups excluding tert-OH is 2. The van der Waals surface area contributed by atoms with Gasteiger partial charge in [-0.05, 0) is 24.3 Å². The summed E-state index contributed by atoms with van der Waals surface area (Å²) in [6, 6.07) is 13.5. The summed E-state index contributed by atoms with van der Waals surface area (Å²) < 4.78 is 10.1. The quantitative estimate of drug-likeness (QED) is 0.341. The van der Waals surface area contributed by atoms with Crippen LogP contribution in [-0.4, -0.2) is 41.6 Å². The molecule has 0 saturated heterocycles. The minimum absolute atomic E-state index is 0.0804. The van der Waals surface area contributed by atoms with Crippen molar-refractivity contribution in [3.63, 3.8) is 0 Å². The van der Waals surface area contributed by atoms with Crippen molar-refractivity contribution in [3.05, 3.63) is 69.1 Å². The summed E-state index contributed by atoms with van der Waals surface area (Å²) in [5, 5.41) is 22.5. The molecule has 1 unspecified atom stereocenters. The Hall–Kier alpha value is -3.43. The Labute approximate surface area is 202 Å². The van der Waals surface area contributed by atoms with Gasteiger partial charge in [0.15, 0.2) is 11.2 Å². The fourth-order valence-corrected chi connectivity index (χ4v) is 4.37. The minimum Gasteiger partial charge on any atom is -0.490 e. The van der Waals surface area contributed by atoms with E-state index < -0.39 is 17.4 Å². The van der Waals surface area contributed by atoms with E-state index in [1.165, 1.54) is 4.57 Å². The molecule has 0 saturated carbocycles. The highest BCUT2D eigenvalue weighted by atomic mass is 16.5. The first-order valence-electron chi connectivity index (χ1n) is 12.1. The predicted octanol–water partition coefficient (Wildman–Crippen LogP) is 2.66. The molecule has 2 aromatic carbocycles. The molecule has 9 nitrogen and oxygen atoms in total. The van der Waals surface area contributed by atoms with Crippen LogP contribution in [0.4, 0.5) is 0 Å². The molecular weight excluding hydrogens is 448 g/mol. The lowest BCUT2D eigenvalue weighted by atomic mass is 10.1. The van der Waals surface area contributed by atoms with Crippen LogP contribution in [0.15, 0.2) is 52.1 Å². The maximum Gasteiger partial charge on any atom is 0.332 e. The van der Waals surface area contributed by atoms with Gasteiger partial charge in [-0.1, -0.05) is 56.7 Å². The summed E-state index contributed by atoms with van der Waals surface area (Å²) in [6.07, 6.45) is 1.23. The van der Waals surface area contributed by atoms with E-state index in [0.29, 0.717) is 24.7 Å². The molecule has 0 aliphatic carbocycles. The number of aromatic nitrogens is 4. The number of rotatable bonds is 11. The lowest BCUT2D eigenvalue weighted by Gasteiger charge is -2.17. The first-order chi connectivity index (χ1) is 17.0. The van der Waals surface area contributed by atoms with E-state index in [-0.39, 0.29) is 30.9 Å². The van der Waals surface area contributed by atoms with Crippen LogP contribution < -0.4 is 16.0 Å². The Balaban J connectivity index is 1.69. The number of aliphatic hydroxyl groups is 2. The Morgan fingerprint density at radius 1 is 0.971 bits per heavy atom. The normalized spacial score (nSPS) is 12.5. The van der Waals surface area contributed by atoms with E-state index in [1.54, 1.807) is 4.57 Å². The Kier molecular flexibility index (Phi) is 7.67. The maximum atomic E-state index is 13.4. The standard InChI is InChI=1S/C26H32N4O5/c1-3-5-14-29-24-23(28(13-4-2)22(16-31)27-24)25(33)30(26(29)34)15-19(32)17-35-21-12-8-10-18-9-6-7-11-20(18)21/h6-12,19,31-32H,3-5,13-17H2,1-2H3. The lowest BCUT2D eigenvalue weighted by Crippen LogP contribution is -2.44. The predicted molar refractivity (Wildman–Crippen MR) is 135 cm³/mol. The number of nitrogens with zero attached hydrogens (tertiary/aromatic N) is 4. The number of fused-ring (bicyclic) bond motifs is 2. The summed E-state index contributed by atoms with van der Waals surface area (Å²) in [7, 11) is 0. The van der Waals surface area contributed by atoms with Gasteiger partial charge < -0.3 is 19.5 Å². The Morgan fingerprint density at radius 3 is 2.49 bits per heavy atom. The van der Waals surface area contributed by atoms with E-state index in [2.05, 4.69) is 4.98 Å². The third kappa shape index (κ3) is 4.87. The van der Waals surface area contributed by atoms with Crippen molar-refractivity contribution in [3.8, 4) is 5.75 Å². The highest BCUT2D eigenvalue weighted by Crippen LogP contribution is 2.25. The highest BCUT2D eigenvalue weighted by molar-refractivity contribution is 5.88. The lowest BCUT2D eigenvalue weighted by molar-refractivity contribution is 0.0909. The molecule has 2 N–H and O–H groups in total. The van der Waals surface area contributed by atoms with Crippen molar-refractivity contribution >= 4 is 21.9 Å². The second-order valence-electron chi connectivity index (χ2n) is 8.66. The van der Waals surface area contributed by atoms with Gasteiger partial charge in [-0.3, -0.25) is 13.9 Å². The molecule has 186 valence electrons. The van der Waals surface area contributed by atoms with Crippen molar-refractivity contribution in [2.75, 3.05) is 6.61 Å². The zero-order chi connectivity index (χ0) is 24.9. The van der Waals surface area contributed by atoms with Gasteiger partial charge in [0.05, 0.1) is 6.54 Å². The van der Waals surface area contributed by atoms with Gasteiger partial charge >= 0.3 is 5.69 Å². The van der Waals surface area contributed by atoms with E-state index in [1.807, 2.05) is 56.3 Å².